The van der Waals surface area contributed by atoms with E-state index >= 15 is 0 Å². The van der Waals surface area contributed by atoms with Crippen molar-refractivity contribution in [3.05, 3.63) is 29.6 Å². The zero-order valence-electron chi connectivity index (χ0n) is 11.8. The van der Waals surface area contributed by atoms with Gasteiger partial charge in [-0.25, -0.2) is 4.39 Å². The first-order valence-electron chi connectivity index (χ1n) is 6.87. The lowest BCUT2D eigenvalue weighted by atomic mass is 10.1. The summed E-state index contributed by atoms with van der Waals surface area (Å²) in [6, 6.07) is 5.17. The van der Waals surface area contributed by atoms with Gasteiger partial charge in [0.05, 0.1) is 7.11 Å². The Kier molecular flexibility index (Phi) is 4.77. The Labute approximate surface area is 114 Å². The monoisotopic (exact) mass is 266 g/mol. The van der Waals surface area contributed by atoms with Crippen LogP contribution in [0.2, 0.25) is 0 Å². The predicted molar refractivity (Wildman–Crippen MR) is 75.1 cm³/mol. The minimum atomic E-state index is -0.283. The first-order valence-corrected chi connectivity index (χ1v) is 6.87. The van der Waals surface area contributed by atoms with Gasteiger partial charge in [0, 0.05) is 13.1 Å². The van der Waals surface area contributed by atoms with Crippen LogP contribution in [-0.4, -0.2) is 33.8 Å². The molecule has 106 valence electrons. The standard InChI is InChI=1S/C15H23FN2O/c1-17-10-15(6-7-15)11-18-8-5-12-3-4-14(19-2)13(16)9-12/h3-4,9,17-18H,5-8,10-11H2,1-2H3. The number of methoxy groups -OCH3 is 1. The number of hydrogen-bond acceptors (Lipinski definition) is 3. The molecular weight excluding hydrogens is 243 g/mol. The van der Waals surface area contributed by atoms with E-state index in [1.165, 1.54) is 20.0 Å². The number of hydrogen-bond donors (Lipinski definition) is 2. The van der Waals surface area contributed by atoms with Crippen LogP contribution in [0.1, 0.15) is 18.4 Å². The van der Waals surface area contributed by atoms with Crippen LogP contribution in [0, 0.1) is 11.2 Å². The van der Waals surface area contributed by atoms with E-state index in [0.29, 0.717) is 11.2 Å². The summed E-state index contributed by atoms with van der Waals surface area (Å²) in [6.07, 6.45) is 3.45. The molecule has 0 amide bonds. The molecule has 1 fully saturated rings. The average molecular weight is 266 g/mol. The molecule has 0 heterocycles. The second kappa shape index (κ2) is 6.35. The third-order valence-corrected chi connectivity index (χ3v) is 3.82. The lowest BCUT2D eigenvalue weighted by molar-refractivity contribution is 0.386. The molecule has 19 heavy (non-hydrogen) atoms. The quantitative estimate of drug-likeness (QED) is 0.706. The van der Waals surface area contributed by atoms with Crippen LogP contribution >= 0.6 is 0 Å². The Balaban J connectivity index is 1.72. The van der Waals surface area contributed by atoms with Gasteiger partial charge in [-0.1, -0.05) is 6.07 Å². The molecule has 1 saturated carbocycles. The van der Waals surface area contributed by atoms with Crippen molar-refractivity contribution in [2.45, 2.75) is 19.3 Å². The molecule has 2 N–H and O–H groups in total. The number of benzene rings is 1. The minimum Gasteiger partial charge on any atom is -0.494 e. The van der Waals surface area contributed by atoms with Gasteiger partial charge in [-0.15, -0.1) is 0 Å². The highest BCUT2D eigenvalue weighted by Crippen LogP contribution is 2.44. The first-order chi connectivity index (χ1) is 9.19. The smallest absolute Gasteiger partial charge is 0.165 e. The Morgan fingerprint density at radius 2 is 2.11 bits per heavy atom. The maximum Gasteiger partial charge on any atom is 0.165 e. The fourth-order valence-electron chi connectivity index (χ4n) is 2.42. The molecule has 1 aromatic rings. The highest BCUT2D eigenvalue weighted by molar-refractivity contribution is 5.29. The molecule has 0 aliphatic heterocycles. The van der Waals surface area contributed by atoms with Crippen molar-refractivity contribution in [1.29, 1.82) is 0 Å². The number of nitrogens with one attached hydrogen (secondary N) is 2. The van der Waals surface area contributed by atoms with Gasteiger partial charge < -0.3 is 15.4 Å². The van der Waals surface area contributed by atoms with Gasteiger partial charge in [0.1, 0.15) is 0 Å². The van der Waals surface area contributed by atoms with Crippen LogP contribution in [0.15, 0.2) is 18.2 Å². The minimum absolute atomic E-state index is 0.283. The molecule has 0 unspecified atom stereocenters. The van der Waals surface area contributed by atoms with Gasteiger partial charge in [-0.05, 0) is 56.0 Å². The summed E-state index contributed by atoms with van der Waals surface area (Å²) in [5.74, 6) is 0.0245. The Morgan fingerprint density at radius 3 is 2.68 bits per heavy atom. The summed E-state index contributed by atoms with van der Waals surface area (Å²) in [7, 11) is 3.48. The fraction of sp³-hybridized carbons (Fsp3) is 0.600. The van der Waals surface area contributed by atoms with Gasteiger partial charge in [-0.2, -0.15) is 0 Å². The number of rotatable bonds is 8. The maximum absolute atomic E-state index is 13.5. The van der Waals surface area contributed by atoms with Gasteiger partial charge >= 0.3 is 0 Å². The van der Waals surface area contributed by atoms with E-state index in [4.69, 9.17) is 4.74 Å². The number of ether oxygens (including phenoxy) is 1. The van der Waals surface area contributed by atoms with Crippen molar-refractivity contribution in [3.63, 3.8) is 0 Å². The van der Waals surface area contributed by atoms with Crippen molar-refractivity contribution in [1.82, 2.24) is 10.6 Å². The van der Waals surface area contributed by atoms with Crippen LogP contribution in [-0.2, 0) is 6.42 Å². The summed E-state index contributed by atoms with van der Waals surface area (Å²) in [6.45, 7) is 3.01. The Bertz CT molecular complexity index is 419. The summed E-state index contributed by atoms with van der Waals surface area (Å²) in [5.41, 5.74) is 1.48. The molecule has 3 nitrogen and oxygen atoms in total. The SMILES string of the molecule is CNCC1(CNCCc2ccc(OC)c(F)c2)CC1. The molecule has 0 saturated heterocycles. The zero-order chi connectivity index (χ0) is 13.7. The fourth-order valence-corrected chi connectivity index (χ4v) is 2.42. The molecule has 0 radical (unpaired) electrons. The highest BCUT2D eigenvalue weighted by atomic mass is 19.1. The van der Waals surface area contributed by atoms with Crippen molar-refractivity contribution in [2.24, 2.45) is 5.41 Å². The molecule has 4 heteroatoms. The third kappa shape index (κ3) is 3.91. The van der Waals surface area contributed by atoms with E-state index in [9.17, 15) is 4.39 Å². The van der Waals surface area contributed by atoms with Crippen LogP contribution in [0.3, 0.4) is 0 Å². The first kappa shape index (κ1) is 14.3. The summed E-state index contributed by atoms with van der Waals surface area (Å²) < 4.78 is 18.4. The maximum atomic E-state index is 13.5. The lowest BCUT2D eigenvalue weighted by Gasteiger charge is -2.15. The van der Waals surface area contributed by atoms with E-state index in [1.54, 1.807) is 12.1 Å². The molecule has 2 rings (SSSR count). The third-order valence-electron chi connectivity index (χ3n) is 3.82. The average Bonchev–Trinajstić information content (AvgIpc) is 3.16. The molecule has 0 bridgehead atoms. The largest absolute Gasteiger partial charge is 0.494 e. The van der Waals surface area contributed by atoms with E-state index in [0.717, 1.165) is 31.6 Å². The highest BCUT2D eigenvalue weighted by Gasteiger charge is 2.41. The van der Waals surface area contributed by atoms with E-state index in [2.05, 4.69) is 10.6 Å². The topological polar surface area (TPSA) is 33.3 Å². The second-order valence-corrected chi connectivity index (χ2v) is 5.43. The lowest BCUT2D eigenvalue weighted by Crippen LogP contribution is -2.32. The van der Waals surface area contributed by atoms with Crippen molar-refractivity contribution in [2.75, 3.05) is 33.8 Å². The Morgan fingerprint density at radius 1 is 1.32 bits per heavy atom. The predicted octanol–water partition coefficient (Wildman–Crippen LogP) is 1.97. The van der Waals surface area contributed by atoms with Gasteiger partial charge in [0.2, 0.25) is 0 Å². The van der Waals surface area contributed by atoms with Gasteiger partial charge in [-0.3, -0.25) is 0 Å². The van der Waals surface area contributed by atoms with E-state index in [-0.39, 0.29) is 5.82 Å². The molecular formula is C15H23FN2O. The van der Waals surface area contributed by atoms with Crippen LogP contribution < -0.4 is 15.4 Å². The molecule has 1 aliphatic carbocycles. The summed E-state index contributed by atoms with van der Waals surface area (Å²) in [5, 5.41) is 6.72. The van der Waals surface area contributed by atoms with Crippen LogP contribution in [0.4, 0.5) is 4.39 Å². The van der Waals surface area contributed by atoms with E-state index in [1.807, 2.05) is 13.1 Å². The van der Waals surface area contributed by atoms with Gasteiger partial charge in [0.15, 0.2) is 11.6 Å². The van der Waals surface area contributed by atoms with Crippen molar-refractivity contribution < 1.29 is 9.13 Å². The molecule has 1 aromatic carbocycles. The summed E-state index contributed by atoms with van der Waals surface area (Å²) in [4.78, 5) is 0. The molecule has 0 aromatic heterocycles. The Hall–Kier alpha value is -1.13. The molecule has 0 atom stereocenters. The van der Waals surface area contributed by atoms with Crippen LogP contribution in [0.25, 0.3) is 0 Å². The summed E-state index contributed by atoms with van der Waals surface area (Å²) >= 11 is 0. The van der Waals surface area contributed by atoms with E-state index < -0.39 is 0 Å². The number of halogens is 1. The van der Waals surface area contributed by atoms with Crippen molar-refractivity contribution in [3.8, 4) is 5.75 Å². The van der Waals surface area contributed by atoms with Gasteiger partial charge in [0.25, 0.3) is 0 Å². The zero-order valence-corrected chi connectivity index (χ0v) is 11.8. The molecule has 1 aliphatic rings. The second-order valence-electron chi connectivity index (χ2n) is 5.43. The normalized spacial score (nSPS) is 16.4. The molecule has 0 spiro atoms. The van der Waals surface area contributed by atoms with Crippen molar-refractivity contribution >= 4 is 0 Å². The van der Waals surface area contributed by atoms with Crippen LogP contribution in [0.5, 0.6) is 5.75 Å².